The highest BCUT2D eigenvalue weighted by atomic mass is 35.5. The van der Waals surface area contributed by atoms with Crippen LogP contribution in [-0.4, -0.2) is 44.7 Å². The zero-order valence-electron chi connectivity index (χ0n) is 11.4. The van der Waals surface area contributed by atoms with E-state index in [1.807, 2.05) is 0 Å². The first-order chi connectivity index (χ1) is 8.99. The van der Waals surface area contributed by atoms with E-state index in [2.05, 4.69) is 0 Å². The first kappa shape index (κ1) is 15.8. The average Bonchev–Trinajstić information content (AvgIpc) is 2.38. The zero-order valence-corrected chi connectivity index (χ0v) is 12.1. The van der Waals surface area contributed by atoms with E-state index in [0.29, 0.717) is 17.3 Å². The van der Waals surface area contributed by atoms with E-state index in [1.54, 1.807) is 32.4 Å². The molecule has 1 unspecified atom stereocenters. The number of ether oxygens (including phenoxy) is 2. The minimum Gasteiger partial charge on any atom is -0.496 e. The maximum absolute atomic E-state index is 12.0. The largest absolute Gasteiger partial charge is 0.496 e. The van der Waals surface area contributed by atoms with E-state index in [0.717, 1.165) is 5.56 Å². The number of nitrogens with two attached hydrogens (primary N) is 1. The van der Waals surface area contributed by atoms with Gasteiger partial charge in [0.2, 0.25) is 5.91 Å². The molecule has 5 nitrogen and oxygen atoms in total. The molecule has 0 heterocycles. The molecule has 0 aliphatic rings. The molecule has 0 fully saturated rings. The van der Waals surface area contributed by atoms with Crippen LogP contribution < -0.4 is 10.5 Å². The number of benzene rings is 1. The molecule has 0 aromatic heterocycles. The van der Waals surface area contributed by atoms with Crippen LogP contribution in [0.3, 0.4) is 0 Å². The average molecular weight is 287 g/mol. The number of carbonyl (C=O) groups excluding carboxylic acids is 1. The molecule has 0 aliphatic heterocycles. The Balaban J connectivity index is 2.78. The van der Waals surface area contributed by atoms with Gasteiger partial charge in [-0.05, 0) is 18.2 Å². The van der Waals surface area contributed by atoms with E-state index >= 15 is 0 Å². The number of amides is 1. The molecule has 106 valence electrons. The monoisotopic (exact) mass is 286 g/mol. The summed E-state index contributed by atoms with van der Waals surface area (Å²) < 4.78 is 10.1. The fraction of sp³-hybridized carbons (Fsp3) is 0.462. The third-order valence-corrected chi connectivity index (χ3v) is 2.92. The van der Waals surface area contributed by atoms with Crippen LogP contribution in [0.25, 0.3) is 0 Å². The highest BCUT2D eigenvalue weighted by molar-refractivity contribution is 6.30. The van der Waals surface area contributed by atoms with Crippen molar-refractivity contribution in [2.75, 3.05) is 27.9 Å². The van der Waals surface area contributed by atoms with E-state index in [4.69, 9.17) is 26.8 Å². The van der Waals surface area contributed by atoms with Crippen molar-refractivity contribution in [2.45, 2.75) is 12.6 Å². The van der Waals surface area contributed by atoms with Crippen LogP contribution in [0.15, 0.2) is 18.2 Å². The molecular weight excluding hydrogens is 268 g/mol. The molecule has 1 amide bonds. The lowest BCUT2D eigenvalue weighted by molar-refractivity contribution is -0.133. The summed E-state index contributed by atoms with van der Waals surface area (Å²) >= 11 is 5.95. The van der Waals surface area contributed by atoms with Crippen molar-refractivity contribution in [2.24, 2.45) is 5.73 Å². The van der Waals surface area contributed by atoms with Gasteiger partial charge in [0.25, 0.3) is 0 Å². The molecule has 1 aromatic carbocycles. The Morgan fingerprint density at radius 2 is 2.16 bits per heavy atom. The van der Waals surface area contributed by atoms with Crippen LogP contribution in [-0.2, 0) is 16.1 Å². The van der Waals surface area contributed by atoms with Crippen LogP contribution in [0.2, 0.25) is 5.02 Å². The predicted molar refractivity (Wildman–Crippen MR) is 74.3 cm³/mol. The normalized spacial score (nSPS) is 12.1. The number of halogens is 1. The van der Waals surface area contributed by atoms with Crippen molar-refractivity contribution >= 4 is 17.5 Å². The molecule has 0 saturated heterocycles. The number of likely N-dealkylation sites (N-methyl/N-ethyl adjacent to an activating group) is 1. The summed E-state index contributed by atoms with van der Waals surface area (Å²) in [7, 11) is 4.76. The van der Waals surface area contributed by atoms with Gasteiger partial charge in [0.15, 0.2) is 0 Å². The number of nitrogens with zero attached hydrogens (tertiary/aromatic N) is 1. The molecule has 1 rings (SSSR count). The standard InChI is InChI=1S/C13H19ClN2O3/c1-16(13(17)11(15)8-18-2)7-9-6-10(14)4-5-12(9)19-3/h4-6,11H,7-8,15H2,1-3H3. The predicted octanol–water partition coefficient (Wildman–Crippen LogP) is 1.28. The Hall–Kier alpha value is -1.30. The highest BCUT2D eigenvalue weighted by Gasteiger charge is 2.19. The number of rotatable bonds is 6. The zero-order chi connectivity index (χ0) is 14.4. The maximum Gasteiger partial charge on any atom is 0.241 e. The number of methoxy groups -OCH3 is 2. The summed E-state index contributed by atoms with van der Waals surface area (Å²) in [6, 6.07) is 4.61. The number of hydrogen-bond donors (Lipinski definition) is 1. The Kier molecular flexibility index (Phi) is 6.08. The van der Waals surface area contributed by atoms with Gasteiger partial charge in [-0.15, -0.1) is 0 Å². The SMILES string of the molecule is COCC(N)C(=O)N(C)Cc1cc(Cl)ccc1OC. The Morgan fingerprint density at radius 1 is 1.47 bits per heavy atom. The van der Waals surface area contributed by atoms with Crippen LogP contribution in [0.5, 0.6) is 5.75 Å². The number of hydrogen-bond acceptors (Lipinski definition) is 4. The van der Waals surface area contributed by atoms with Gasteiger partial charge in [0, 0.05) is 31.3 Å². The first-order valence-corrected chi connectivity index (χ1v) is 6.19. The van der Waals surface area contributed by atoms with E-state index in [9.17, 15) is 4.79 Å². The lowest BCUT2D eigenvalue weighted by Gasteiger charge is -2.22. The molecular formula is C13H19ClN2O3. The smallest absolute Gasteiger partial charge is 0.241 e. The van der Waals surface area contributed by atoms with Gasteiger partial charge in [-0.2, -0.15) is 0 Å². The van der Waals surface area contributed by atoms with Gasteiger partial charge < -0.3 is 20.1 Å². The van der Waals surface area contributed by atoms with Crippen molar-refractivity contribution < 1.29 is 14.3 Å². The second kappa shape index (κ2) is 7.33. The second-order valence-electron chi connectivity index (χ2n) is 4.21. The summed E-state index contributed by atoms with van der Waals surface area (Å²) in [5.41, 5.74) is 6.54. The topological polar surface area (TPSA) is 64.8 Å². The molecule has 0 radical (unpaired) electrons. The summed E-state index contributed by atoms with van der Waals surface area (Å²) in [4.78, 5) is 13.5. The Bertz CT molecular complexity index is 440. The molecule has 19 heavy (non-hydrogen) atoms. The van der Waals surface area contributed by atoms with Crippen molar-refractivity contribution in [1.82, 2.24) is 4.90 Å². The summed E-state index contributed by atoms with van der Waals surface area (Å²) in [6.45, 7) is 0.565. The van der Waals surface area contributed by atoms with Crippen LogP contribution in [0, 0.1) is 0 Å². The van der Waals surface area contributed by atoms with Gasteiger partial charge in [0.05, 0.1) is 13.7 Å². The molecule has 0 saturated carbocycles. The molecule has 1 atom stereocenters. The van der Waals surface area contributed by atoms with Crippen molar-refractivity contribution in [3.63, 3.8) is 0 Å². The third kappa shape index (κ3) is 4.38. The molecule has 6 heteroatoms. The van der Waals surface area contributed by atoms with Gasteiger partial charge in [-0.25, -0.2) is 0 Å². The molecule has 0 bridgehead atoms. The lowest BCUT2D eigenvalue weighted by Crippen LogP contribution is -2.44. The Morgan fingerprint density at radius 3 is 2.74 bits per heavy atom. The van der Waals surface area contributed by atoms with Crippen LogP contribution >= 0.6 is 11.6 Å². The molecule has 0 spiro atoms. The fourth-order valence-corrected chi connectivity index (χ4v) is 1.93. The van der Waals surface area contributed by atoms with Gasteiger partial charge in [0.1, 0.15) is 11.8 Å². The van der Waals surface area contributed by atoms with Crippen molar-refractivity contribution in [3.05, 3.63) is 28.8 Å². The van der Waals surface area contributed by atoms with Crippen molar-refractivity contribution in [1.29, 1.82) is 0 Å². The van der Waals surface area contributed by atoms with Gasteiger partial charge in [-0.1, -0.05) is 11.6 Å². The van der Waals surface area contributed by atoms with Gasteiger partial charge >= 0.3 is 0 Å². The maximum atomic E-state index is 12.0. The van der Waals surface area contributed by atoms with E-state index in [1.165, 1.54) is 12.0 Å². The van der Waals surface area contributed by atoms with Crippen LogP contribution in [0.1, 0.15) is 5.56 Å². The van der Waals surface area contributed by atoms with Crippen molar-refractivity contribution in [3.8, 4) is 5.75 Å². The van der Waals surface area contributed by atoms with Crippen LogP contribution in [0.4, 0.5) is 0 Å². The minimum absolute atomic E-state index is 0.190. The highest BCUT2D eigenvalue weighted by Crippen LogP contribution is 2.23. The quantitative estimate of drug-likeness (QED) is 0.856. The first-order valence-electron chi connectivity index (χ1n) is 5.81. The second-order valence-corrected chi connectivity index (χ2v) is 4.65. The fourth-order valence-electron chi connectivity index (χ4n) is 1.74. The van der Waals surface area contributed by atoms with Gasteiger partial charge in [-0.3, -0.25) is 4.79 Å². The molecule has 1 aromatic rings. The minimum atomic E-state index is -0.667. The molecule has 2 N–H and O–H groups in total. The van der Waals surface area contributed by atoms with E-state index in [-0.39, 0.29) is 12.5 Å². The number of carbonyl (C=O) groups is 1. The van der Waals surface area contributed by atoms with E-state index < -0.39 is 6.04 Å². The Labute approximate surface area is 118 Å². The lowest BCUT2D eigenvalue weighted by atomic mass is 10.1. The molecule has 0 aliphatic carbocycles. The summed E-state index contributed by atoms with van der Waals surface area (Å²) in [5, 5.41) is 0.595. The summed E-state index contributed by atoms with van der Waals surface area (Å²) in [5.74, 6) is 0.494. The third-order valence-electron chi connectivity index (χ3n) is 2.69. The summed E-state index contributed by atoms with van der Waals surface area (Å²) in [6.07, 6.45) is 0.